The first-order chi connectivity index (χ1) is 20.2. The van der Waals surface area contributed by atoms with Crippen LogP contribution in [0.2, 0.25) is 0 Å². The van der Waals surface area contributed by atoms with E-state index in [2.05, 4.69) is 5.10 Å². The van der Waals surface area contributed by atoms with E-state index in [9.17, 15) is 36.0 Å². The molecule has 0 radical (unpaired) electrons. The van der Waals surface area contributed by atoms with Gasteiger partial charge in [-0.15, -0.1) is 0 Å². The van der Waals surface area contributed by atoms with Crippen molar-refractivity contribution >= 4 is 55.8 Å². The minimum atomic E-state index is -4.57. The van der Waals surface area contributed by atoms with Crippen LogP contribution in [0.4, 0.5) is 18.0 Å². The molecule has 5 rings (SSSR count). The lowest BCUT2D eigenvalue weighted by molar-refractivity contribution is -0.138. The van der Waals surface area contributed by atoms with Crippen LogP contribution in [-0.2, 0) is 32.3 Å². The van der Waals surface area contributed by atoms with Gasteiger partial charge in [-0.3, -0.25) is 28.7 Å². The lowest BCUT2D eigenvalue weighted by Gasteiger charge is -2.32. The summed E-state index contributed by atoms with van der Waals surface area (Å²) in [7, 11) is -2.37. The van der Waals surface area contributed by atoms with Gasteiger partial charge in [-0.05, 0) is 78.9 Å². The molecule has 228 valence electrons. The minimum absolute atomic E-state index is 0.0288. The second-order valence-corrected chi connectivity index (χ2v) is 13.2. The zero-order chi connectivity index (χ0) is 31.1. The number of ether oxygens (including phenoxy) is 1. The number of fused-ring (bicyclic) bond motifs is 1. The molecule has 1 aliphatic heterocycles. The molecule has 10 nitrogen and oxygen atoms in total. The number of imide groups is 1. The van der Waals surface area contributed by atoms with Crippen molar-refractivity contribution in [3.63, 3.8) is 0 Å². The minimum Gasteiger partial charge on any atom is -0.497 e. The zero-order valence-electron chi connectivity index (χ0n) is 23.1. The highest BCUT2D eigenvalue weighted by atomic mass is 32.2. The number of hydrogen-bond donors (Lipinski definition) is 1. The Bertz CT molecular complexity index is 1740. The summed E-state index contributed by atoms with van der Waals surface area (Å²) < 4.78 is 72.1. The van der Waals surface area contributed by atoms with Crippen LogP contribution in [0.15, 0.2) is 47.5 Å². The molecule has 0 bridgehead atoms. The van der Waals surface area contributed by atoms with Crippen molar-refractivity contribution in [1.82, 2.24) is 19.4 Å². The predicted molar refractivity (Wildman–Crippen MR) is 153 cm³/mol. The molecule has 3 aromatic rings. The Morgan fingerprint density at radius 3 is 2.51 bits per heavy atom. The Morgan fingerprint density at radius 2 is 1.86 bits per heavy atom. The van der Waals surface area contributed by atoms with Gasteiger partial charge in [-0.2, -0.15) is 18.3 Å². The van der Waals surface area contributed by atoms with E-state index in [1.165, 1.54) is 35.0 Å². The number of amides is 3. The summed E-state index contributed by atoms with van der Waals surface area (Å²) in [6.07, 6.45) is 0.873. The van der Waals surface area contributed by atoms with E-state index in [4.69, 9.17) is 4.74 Å². The zero-order valence-corrected chi connectivity index (χ0v) is 24.7. The number of aromatic nitrogens is 2. The number of nitrogens with zero attached hydrogens (tertiary/aromatic N) is 3. The van der Waals surface area contributed by atoms with Crippen LogP contribution < -0.4 is 9.46 Å². The fourth-order valence-corrected chi connectivity index (χ4v) is 6.81. The second-order valence-electron chi connectivity index (χ2n) is 10.4. The molecule has 1 N–H and O–H groups in total. The average molecular weight is 637 g/mol. The van der Waals surface area contributed by atoms with Gasteiger partial charge in [0.25, 0.3) is 11.1 Å². The van der Waals surface area contributed by atoms with Crippen molar-refractivity contribution < 1.29 is 40.7 Å². The topological polar surface area (TPSA) is 128 Å². The van der Waals surface area contributed by atoms with E-state index >= 15 is 0 Å². The summed E-state index contributed by atoms with van der Waals surface area (Å²) in [6, 6.07) is 8.49. The van der Waals surface area contributed by atoms with E-state index in [-0.39, 0.29) is 22.8 Å². The molecule has 3 amide bonds. The van der Waals surface area contributed by atoms with Crippen molar-refractivity contribution in [1.29, 1.82) is 0 Å². The molecule has 1 aromatic heterocycles. The van der Waals surface area contributed by atoms with Gasteiger partial charge in [0.1, 0.15) is 5.75 Å². The molecule has 2 aromatic carbocycles. The Hall–Kier alpha value is -3.85. The number of halogens is 3. The highest BCUT2D eigenvalue weighted by Crippen LogP contribution is 2.39. The summed E-state index contributed by atoms with van der Waals surface area (Å²) in [4.78, 5) is 39.6. The first kappa shape index (κ1) is 30.6. The lowest BCUT2D eigenvalue weighted by atomic mass is 9.85. The highest BCUT2D eigenvalue weighted by molar-refractivity contribution is 8.18. The van der Waals surface area contributed by atoms with E-state index in [0.29, 0.717) is 42.1 Å². The molecule has 1 aliphatic carbocycles. The molecule has 0 unspecified atom stereocenters. The molecule has 0 spiro atoms. The van der Waals surface area contributed by atoms with Crippen LogP contribution in [0.5, 0.6) is 5.75 Å². The molecule has 2 fully saturated rings. The number of nitrogens with one attached hydrogen (secondary N) is 1. The third kappa shape index (κ3) is 6.72. The fourth-order valence-electron chi connectivity index (χ4n) is 5.38. The number of hydrogen-bond acceptors (Lipinski definition) is 8. The van der Waals surface area contributed by atoms with Gasteiger partial charge < -0.3 is 4.74 Å². The van der Waals surface area contributed by atoms with Crippen LogP contribution in [0.1, 0.15) is 42.4 Å². The molecule has 43 heavy (non-hydrogen) atoms. The number of carbonyl (C=O) groups is 3. The third-order valence-corrected chi connectivity index (χ3v) is 8.90. The number of benzene rings is 2. The molecule has 2 heterocycles. The molecule has 2 aliphatic rings. The summed E-state index contributed by atoms with van der Waals surface area (Å²) >= 11 is 0.807. The summed E-state index contributed by atoms with van der Waals surface area (Å²) in [5.74, 6) is -1.45. The summed E-state index contributed by atoms with van der Waals surface area (Å²) in [6.45, 7) is -0.126. The van der Waals surface area contributed by atoms with Crippen molar-refractivity contribution in [2.45, 2.75) is 44.4 Å². The molecular formula is C28H27F3N4O6S2. The van der Waals surface area contributed by atoms with Gasteiger partial charge in [-0.1, -0.05) is 12.1 Å². The Labute approximate surface area is 249 Å². The second kappa shape index (κ2) is 11.7. The lowest BCUT2D eigenvalue weighted by Crippen LogP contribution is -2.43. The SMILES string of the molecule is COc1ccc(Cn2ncc3cc(/C=C4\SC(=O)N(C5CCC(C(=O)NS(C)(=O)=O)CC5)C4=O)ccc32)c(C(F)(F)F)c1. The summed E-state index contributed by atoms with van der Waals surface area (Å²) in [5.41, 5.74) is 0.416. The van der Waals surface area contributed by atoms with Crippen LogP contribution in [0.3, 0.4) is 0 Å². The maximum absolute atomic E-state index is 13.7. The number of sulfonamides is 1. The number of methoxy groups -OCH3 is 1. The normalized spacial score (nSPS) is 20.7. The first-order valence-corrected chi connectivity index (χ1v) is 15.9. The van der Waals surface area contributed by atoms with E-state index in [1.54, 1.807) is 24.3 Å². The van der Waals surface area contributed by atoms with Crippen molar-refractivity contribution in [2.24, 2.45) is 5.92 Å². The smallest absolute Gasteiger partial charge is 0.416 e. The fraction of sp³-hybridized carbons (Fsp3) is 0.357. The van der Waals surface area contributed by atoms with E-state index < -0.39 is 50.8 Å². The maximum Gasteiger partial charge on any atom is 0.416 e. The van der Waals surface area contributed by atoms with Gasteiger partial charge in [0, 0.05) is 17.3 Å². The number of thioether (sulfide) groups is 1. The van der Waals surface area contributed by atoms with Gasteiger partial charge in [0.15, 0.2) is 0 Å². The predicted octanol–water partition coefficient (Wildman–Crippen LogP) is 4.78. The molecule has 1 saturated heterocycles. The van der Waals surface area contributed by atoms with Crippen molar-refractivity contribution in [3.8, 4) is 5.75 Å². The monoisotopic (exact) mass is 636 g/mol. The average Bonchev–Trinajstić information content (AvgIpc) is 3.46. The van der Waals surface area contributed by atoms with Gasteiger partial charge in [0.2, 0.25) is 15.9 Å². The van der Waals surface area contributed by atoms with E-state index in [1.807, 2.05) is 4.72 Å². The molecule has 1 saturated carbocycles. The third-order valence-electron chi connectivity index (χ3n) is 7.45. The van der Waals surface area contributed by atoms with Gasteiger partial charge >= 0.3 is 6.18 Å². The van der Waals surface area contributed by atoms with Gasteiger partial charge in [0.05, 0.1) is 42.1 Å². The Kier molecular flexibility index (Phi) is 8.31. The van der Waals surface area contributed by atoms with Crippen LogP contribution in [-0.4, -0.2) is 59.6 Å². The number of carbonyl (C=O) groups excluding carboxylic acids is 3. The van der Waals surface area contributed by atoms with Crippen molar-refractivity contribution in [2.75, 3.05) is 13.4 Å². The standard InChI is InChI=1S/C28H27F3N4O6S2/c1-41-21-9-6-18(22(13-21)28(29,30)31)15-34-23-10-3-16(11-19(23)14-32-34)12-24-26(37)35(27(38)42-24)20-7-4-17(5-8-20)25(36)33-43(2,39)40/h3,6,9-14,17,20H,4-5,7-8,15H2,1-2H3,(H,33,36)/b24-12-. The quantitative estimate of drug-likeness (QED) is 0.367. The van der Waals surface area contributed by atoms with Gasteiger partial charge in [-0.25, -0.2) is 8.42 Å². The highest BCUT2D eigenvalue weighted by Gasteiger charge is 2.42. The van der Waals surface area contributed by atoms with Crippen molar-refractivity contribution in [3.05, 3.63) is 64.2 Å². The molecule has 0 atom stereocenters. The Morgan fingerprint density at radius 1 is 1.14 bits per heavy atom. The van der Waals surface area contributed by atoms with E-state index in [0.717, 1.165) is 24.1 Å². The number of alkyl halides is 3. The molecule has 15 heteroatoms. The van der Waals surface area contributed by atoms with Crippen LogP contribution in [0, 0.1) is 5.92 Å². The van der Waals surface area contributed by atoms with Crippen LogP contribution in [0.25, 0.3) is 17.0 Å². The largest absolute Gasteiger partial charge is 0.497 e. The Balaban J connectivity index is 1.30. The first-order valence-electron chi connectivity index (χ1n) is 13.2. The van der Waals surface area contributed by atoms with Crippen LogP contribution >= 0.6 is 11.8 Å². The number of rotatable bonds is 7. The summed E-state index contributed by atoms with van der Waals surface area (Å²) in [5, 5.41) is 4.49. The molecular weight excluding hydrogens is 609 g/mol. The maximum atomic E-state index is 13.7.